The number of aromatic nitrogens is 1. The lowest BCUT2D eigenvalue weighted by Crippen LogP contribution is -2.50. The largest absolute Gasteiger partial charge is 0.335 e. The van der Waals surface area contributed by atoms with Crippen LogP contribution in [-0.2, 0) is 11.3 Å². The molecule has 0 radical (unpaired) electrons. The number of benzene rings is 1. The lowest BCUT2D eigenvalue weighted by atomic mass is 10.1. The van der Waals surface area contributed by atoms with Gasteiger partial charge in [-0.3, -0.25) is 23.8 Å². The predicted molar refractivity (Wildman–Crippen MR) is 102 cm³/mol. The summed E-state index contributed by atoms with van der Waals surface area (Å²) in [7, 11) is 0. The highest BCUT2D eigenvalue weighted by Crippen LogP contribution is 2.19. The summed E-state index contributed by atoms with van der Waals surface area (Å²) in [5.74, 6) is -0.259. The summed E-state index contributed by atoms with van der Waals surface area (Å²) in [6, 6.07) is 10.1. The van der Waals surface area contributed by atoms with Gasteiger partial charge in [0.05, 0.1) is 5.69 Å². The highest BCUT2D eigenvalue weighted by Gasteiger charge is 2.26. The minimum atomic E-state index is -2.16. The van der Waals surface area contributed by atoms with E-state index in [0.717, 1.165) is 0 Å². The maximum atomic E-state index is 12.7. The van der Waals surface area contributed by atoms with Crippen molar-refractivity contribution in [2.75, 3.05) is 30.9 Å². The van der Waals surface area contributed by atoms with Gasteiger partial charge in [-0.1, -0.05) is 6.07 Å². The second kappa shape index (κ2) is 8.28. The molecule has 1 saturated heterocycles. The zero-order chi connectivity index (χ0) is 19.4. The predicted octanol–water partition coefficient (Wildman–Crippen LogP) is 1.54. The molecule has 1 atom stereocenters. The Morgan fingerprint density at radius 3 is 2.30 bits per heavy atom. The molecule has 0 bridgehead atoms. The highest BCUT2D eigenvalue weighted by atomic mass is 32.2. The summed E-state index contributed by atoms with van der Waals surface area (Å²) in [5, 5.41) is 0. The number of carbonyl (C=O) groups is 2. The van der Waals surface area contributed by atoms with Crippen LogP contribution in [0.1, 0.15) is 26.4 Å². The molecule has 1 aromatic heterocycles. The van der Waals surface area contributed by atoms with E-state index < -0.39 is 11.3 Å². The van der Waals surface area contributed by atoms with Gasteiger partial charge < -0.3 is 9.80 Å². The Kier molecular flexibility index (Phi) is 5.82. The number of nitrogens with zero attached hydrogens (tertiary/aromatic N) is 3. The molecule has 1 aromatic carbocycles. The smallest absolute Gasteiger partial charge is 0.272 e. The van der Waals surface area contributed by atoms with Crippen LogP contribution in [0.2, 0.25) is 0 Å². The van der Waals surface area contributed by atoms with Crippen LogP contribution < -0.4 is 4.72 Å². The van der Waals surface area contributed by atoms with Crippen LogP contribution in [-0.4, -0.2) is 61.5 Å². The maximum absolute atomic E-state index is 12.7. The molecule has 2 aromatic rings. The standard InChI is InChI=1S/C18H20N4O4S/c1-13-12-14(5-6-15(13)20-27(25)26)17(23)21-8-10-22(11-9-21)18(24)16-4-2-3-7-19-16/h2-7,12,20H,8-11H2,1H3,(H,25,26). The fourth-order valence-electron chi connectivity index (χ4n) is 2.95. The Morgan fingerprint density at radius 1 is 1.07 bits per heavy atom. The second-order valence-corrected chi connectivity index (χ2v) is 6.88. The average Bonchev–Trinajstić information content (AvgIpc) is 2.69. The van der Waals surface area contributed by atoms with Gasteiger partial charge in [0.15, 0.2) is 0 Å². The van der Waals surface area contributed by atoms with Crippen molar-refractivity contribution in [3.63, 3.8) is 0 Å². The highest BCUT2D eigenvalue weighted by molar-refractivity contribution is 7.80. The van der Waals surface area contributed by atoms with Gasteiger partial charge in [-0.15, -0.1) is 0 Å². The van der Waals surface area contributed by atoms with Gasteiger partial charge in [0, 0.05) is 37.9 Å². The Bertz CT molecular complexity index is 867. The van der Waals surface area contributed by atoms with E-state index in [0.29, 0.717) is 48.7 Å². The van der Waals surface area contributed by atoms with Crippen molar-refractivity contribution in [2.45, 2.75) is 6.92 Å². The monoisotopic (exact) mass is 388 g/mol. The first-order valence-corrected chi connectivity index (χ1v) is 9.54. The quantitative estimate of drug-likeness (QED) is 0.774. The first-order valence-electron chi connectivity index (χ1n) is 8.43. The SMILES string of the molecule is Cc1cc(C(=O)N2CCN(C(=O)c3ccccn3)CC2)ccc1NS(=O)O. The minimum absolute atomic E-state index is 0.125. The molecule has 2 N–H and O–H groups in total. The van der Waals surface area contributed by atoms with Gasteiger partial charge in [0.1, 0.15) is 5.69 Å². The van der Waals surface area contributed by atoms with Crippen LogP contribution in [0.5, 0.6) is 0 Å². The molecule has 9 heteroatoms. The zero-order valence-corrected chi connectivity index (χ0v) is 15.6. The molecular weight excluding hydrogens is 368 g/mol. The summed E-state index contributed by atoms with van der Waals surface area (Å²) in [6.45, 7) is 3.54. The van der Waals surface area contributed by atoms with Gasteiger partial charge in [-0.2, -0.15) is 0 Å². The number of hydrogen-bond acceptors (Lipinski definition) is 4. The molecule has 142 valence electrons. The van der Waals surface area contributed by atoms with E-state index in [1.165, 1.54) is 0 Å². The molecule has 1 fully saturated rings. The molecule has 1 aliphatic heterocycles. The van der Waals surface area contributed by atoms with Gasteiger partial charge in [0.25, 0.3) is 23.1 Å². The third-order valence-electron chi connectivity index (χ3n) is 4.41. The summed E-state index contributed by atoms with van der Waals surface area (Å²) >= 11 is -2.16. The summed E-state index contributed by atoms with van der Waals surface area (Å²) in [6.07, 6.45) is 1.58. The molecule has 27 heavy (non-hydrogen) atoms. The van der Waals surface area contributed by atoms with Gasteiger partial charge in [0.2, 0.25) is 0 Å². The fraction of sp³-hybridized carbons (Fsp3) is 0.278. The van der Waals surface area contributed by atoms with Crippen molar-refractivity contribution < 1.29 is 18.4 Å². The number of aryl methyl sites for hydroxylation is 1. The number of nitrogens with one attached hydrogen (secondary N) is 1. The van der Waals surface area contributed by atoms with Crippen LogP contribution in [0.25, 0.3) is 0 Å². The molecule has 0 aliphatic carbocycles. The molecule has 3 rings (SSSR count). The minimum Gasteiger partial charge on any atom is -0.335 e. The molecule has 1 unspecified atom stereocenters. The van der Waals surface area contributed by atoms with E-state index >= 15 is 0 Å². The van der Waals surface area contributed by atoms with E-state index in [1.54, 1.807) is 59.3 Å². The van der Waals surface area contributed by atoms with Crippen molar-refractivity contribution >= 4 is 28.8 Å². The molecule has 2 amide bonds. The number of amides is 2. The molecule has 2 heterocycles. The van der Waals surface area contributed by atoms with E-state index in [9.17, 15) is 13.8 Å². The molecule has 1 aliphatic rings. The van der Waals surface area contributed by atoms with E-state index in [1.807, 2.05) is 0 Å². The Hall–Kier alpha value is -2.78. The Morgan fingerprint density at radius 2 is 1.74 bits per heavy atom. The van der Waals surface area contributed by atoms with Gasteiger partial charge in [-0.05, 0) is 42.8 Å². The zero-order valence-electron chi connectivity index (χ0n) is 14.8. The van der Waals surface area contributed by atoms with Crippen LogP contribution >= 0.6 is 0 Å². The van der Waals surface area contributed by atoms with Crippen LogP contribution in [0.4, 0.5) is 5.69 Å². The average molecular weight is 388 g/mol. The number of piperazine rings is 1. The van der Waals surface area contributed by atoms with Gasteiger partial charge >= 0.3 is 0 Å². The maximum Gasteiger partial charge on any atom is 0.272 e. The first-order chi connectivity index (χ1) is 13.0. The number of hydrogen-bond donors (Lipinski definition) is 2. The number of pyridine rings is 1. The summed E-state index contributed by atoms with van der Waals surface area (Å²) in [5.41, 5.74) is 2.11. The van der Waals surface area contributed by atoms with Crippen molar-refractivity contribution in [1.82, 2.24) is 14.8 Å². The van der Waals surface area contributed by atoms with Crippen molar-refractivity contribution in [3.8, 4) is 0 Å². The third kappa shape index (κ3) is 4.50. The van der Waals surface area contributed by atoms with E-state index in [4.69, 9.17) is 4.55 Å². The van der Waals surface area contributed by atoms with Crippen molar-refractivity contribution in [3.05, 3.63) is 59.4 Å². The van der Waals surface area contributed by atoms with E-state index in [2.05, 4.69) is 9.71 Å². The van der Waals surface area contributed by atoms with E-state index in [-0.39, 0.29) is 11.8 Å². The normalized spacial score (nSPS) is 15.3. The number of rotatable bonds is 4. The Labute approximate surface area is 159 Å². The molecule has 0 saturated carbocycles. The topological polar surface area (TPSA) is 103 Å². The lowest BCUT2D eigenvalue weighted by molar-refractivity contribution is 0.0532. The van der Waals surface area contributed by atoms with Gasteiger partial charge in [-0.25, -0.2) is 4.21 Å². The molecular formula is C18H20N4O4S. The number of anilines is 1. The van der Waals surface area contributed by atoms with Crippen molar-refractivity contribution in [1.29, 1.82) is 0 Å². The second-order valence-electron chi connectivity index (χ2n) is 6.18. The summed E-state index contributed by atoms with van der Waals surface area (Å²) in [4.78, 5) is 32.6. The van der Waals surface area contributed by atoms with Crippen LogP contribution in [0.15, 0.2) is 42.6 Å². The van der Waals surface area contributed by atoms with Crippen LogP contribution in [0.3, 0.4) is 0 Å². The lowest BCUT2D eigenvalue weighted by Gasteiger charge is -2.34. The molecule has 0 spiro atoms. The third-order valence-corrected chi connectivity index (χ3v) is 4.80. The first kappa shape index (κ1) is 19.0. The summed E-state index contributed by atoms with van der Waals surface area (Å²) < 4.78 is 22.2. The van der Waals surface area contributed by atoms with Crippen molar-refractivity contribution in [2.24, 2.45) is 0 Å². The fourth-order valence-corrected chi connectivity index (χ4v) is 3.37. The molecule has 8 nitrogen and oxygen atoms in total. The van der Waals surface area contributed by atoms with Crippen LogP contribution in [0, 0.1) is 6.92 Å². The number of carbonyl (C=O) groups excluding carboxylic acids is 2. The Balaban J connectivity index is 1.62.